The molecule has 0 saturated carbocycles. The van der Waals surface area contributed by atoms with Crippen molar-refractivity contribution in [3.05, 3.63) is 5.21 Å². The lowest BCUT2D eigenvalue weighted by Gasteiger charge is -2.45. The summed E-state index contributed by atoms with van der Waals surface area (Å²) in [6, 6.07) is 0. The molecular weight excluding hydrogens is 156 g/mol. The SMILES string of the molecule is CC(=O)NC[N+]1([O-])CCCCC1. The van der Waals surface area contributed by atoms with E-state index in [0.29, 0.717) is 13.1 Å². The van der Waals surface area contributed by atoms with Gasteiger partial charge in [0, 0.05) is 6.92 Å². The lowest BCUT2D eigenvalue weighted by Crippen LogP contribution is -2.52. The van der Waals surface area contributed by atoms with E-state index in [1.165, 1.54) is 6.92 Å². The lowest BCUT2D eigenvalue weighted by atomic mass is 10.1. The molecule has 0 aromatic carbocycles. The third kappa shape index (κ3) is 2.79. The molecular formula is C8H16N2O2. The fraction of sp³-hybridized carbons (Fsp3) is 0.875. The van der Waals surface area contributed by atoms with E-state index in [2.05, 4.69) is 5.32 Å². The average Bonchev–Trinajstić information content (AvgIpc) is 2.03. The molecule has 1 amide bonds. The largest absolute Gasteiger partial charge is 0.631 e. The maximum Gasteiger partial charge on any atom is 0.221 e. The number of hydroxylamine groups is 3. The number of nitrogens with one attached hydrogen (secondary N) is 1. The predicted molar refractivity (Wildman–Crippen MR) is 45.9 cm³/mol. The molecule has 70 valence electrons. The highest BCUT2D eigenvalue weighted by Crippen LogP contribution is 2.15. The van der Waals surface area contributed by atoms with Crippen LogP contribution < -0.4 is 5.32 Å². The van der Waals surface area contributed by atoms with Crippen LogP contribution in [0.1, 0.15) is 26.2 Å². The average molecular weight is 172 g/mol. The van der Waals surface area contributed by atoms with Crippen LogP contribution in [0.3, 0.4) is 0 Å². The number of carbonyl (C=O) groups is 1. The van der Waals surface area contributed by atoms with Crippen molar-refractivity contribution in [2.24, 2.45) is 0 Å². The topological polar surface area (TPSA) is 52.2 Å². The molecule has 1 N–H and O–H groups in total. The summed E-state index contributed by atoms with van der Waals surface area (Å²) >= 11 is 0. The highest BCUT2D eigenvalue weighted by molar-refractivity contribution is 5.72. The first-order valence-electron chi connectivity index (χ1n) is 4.44. The fourth-order valence-electron chi connectivity index (χ4n) is 1.50. The van der Waals surface area contributed by atoms with Gasteiger partial charge >= 0.3 is 0 Å². The van der Waals surface area contributed by atoms with E-state index >= 15 is 0 Å². The Kier molecular flexibility index (Phi) is 3.05. The van der Waals surface area contributed by atoms with Crippen molar-refractivity contribution < 1.29 is 9.44 Å². The van der Waals surface area contributed by atoms with Gasteiger partial charge < -0.3 is 15.2 Å². The summed E-state index contributed by atoms with van der Waals surface area (Å²) in [5, 5.41) is 14.3. The third-order valence-electron chi connectivity index (χ3n) is 2.25. The molecule has 1 rings (SSSR count). The summed E-state index contributed by atoms with van der Waals surface area (Å²) in [5.74, 6) is -0.117. The Morgan fingerprint density at radius 1 is 1.42 bits per heavy atom. The third-order valence-corrected chi connectivity index (χ3v) is 2.25. The van der Waals surface area contributed by atoms with Gasteiger partial charge in [0.1, 0.15) is 0 Å². The summed E-state index contributed by atoms with van der Waals surface area (Å²) in [5.41, 5.74) is 0. The minimum Gasteiger partial charge on any atom is -0.631 e. The summed E-state index contributed by atoms with van der Waals surface area (Å²) in [6.07, 6.45) is 3.13. The molecule has 1 heterocycles. The lowest BCUT2D eigenvalue weighted by molar-refractivity contribution is -0.887. The monoisotopic (exact) mass is 172 g/mol. The number of likely N-dealkylation sites (tertiary alicyclic amines) is 1. The quantitative estimate of drug-likeness (QED) is 0.489. The van der Waals surface area contributed by atoms with Gasteiger partial charge in [0.25, 0.3) is 0 Å². The highest BCUT2D eigenvalue weighted by Gasteiger charge is 2.20. The van der Waals surface area contributed by atoms with Crippen LogP contribution in [-0.2, 0) is 4.79 Å². The number of hydrogen-bond acceptors (Lipinski definition) is 2. The summed E-state index contributed by atoms with van der Waals surface area (Å²) < 4.78 is -0.237. The predicted octanol–water partition coefficient (Wildman–Crippen LogP) is 0.578. The van der Waals surface area contributed by atoms with E-state index in [0.717, 1.165) is 19.3 Å². The summed E-state index contributed by atoms with van der Waals surface area (Å²) in [7, 11) is 0. The molecule has 0 radical (unpaired) electrons. The summed E-state index contributed by atoms with van der Waals surface area (Å²) in [4.78, 5) is 10.6. The minimum absolute atomic E-state index is 0.117. The van der Waals surface area contributed by atoms with Gasteiger partial charge in [-0.3, -0.25) is 4.79 Å². The molecule has 1 aliphatic heterocycles. The van der Waals surface area contributed by atoms with Crippen LogP contribution in [0.15, 0.2) is 0 Å². The van der Waals surface area contributed by atoms with Gasteiger partial charge in [0.15, 0.2) is 6.67 Å². The van der Waals surface area contributed by atoms with E-state index in [-0.39, 0.29) is 17.2 Å². The zero-order valence-corrected chi connectivity index (χ0v) is 7.51. The van der Waals surface area contributed by atoms with Crippen LogP contribution in [0.5, 0.6) is 0 Å². The van der Waals surface area contributed by atoms with Crippen LogP contribution in [0.2, 0.25) is 0 Å². The Bertz CT molecular complexity index is 164. The second kappa shape index (κ2) is 3.87. The molecule has 0 atom stereocenters. The highest BCUT2D eigenvalue weighted by atomic mass is 16.5. The maximum atomic E-state index is 11.7. The number of quaternary nitrogens is 1. The molecule has 4 nitrogen and oxygen atoms in total. The first-order chi connectivity index (χ1) is 5.62. The van der Waals surface area contributed by atoms with Gasteiger partial charge in [-0.15, -0.1) is 0 Å². The minimum atomic E-state index is -0.237. The molecule has 0 aromatic rings. The molecule has 0 bridgehead atoms. The van der Waals surface area contributed by atoms with Gasteiger partial charge in [-0.25, -0.2) is 0 Å². The number of piperidine rings is 1. The molecule has 0 aromatic heterocycles. The summed E-state index contributed by atoms with van der Waals surface area (Å²) in [6.45, 7) is 2.99. The van der Waals surface area contributed by atoms with Gasteiger partial charge in [-0.1, -0.05) is 0 Å². The van der Waals surface area contributed by atoms with Crippen LogP contribution >= 0.6 is 0 Å². The number of hydrogen-bond donors (Lipinski definition) is 1. The van der Waals surface area contributed by atoms with Crippen LogP contribution in [0.25, 0.3) is 0 Å². The van der Waals surface area contributed by atoms with Crippen molar-refractivity contribution in [2.75, 3.05) is 19.8 Å². The zero-order valence-electron chi connectivity index (χ0n) is 7.51. The second-order valence-electron chi connectivity index (χ2n) is 3.46. The van der Waals surface area contributed by atoms with E-state index in [4.69, 9.17) is 0 Å². The van der Waals surface area contributed by atoms with Crippen LogP contribution in [0, 0.1) is 5.21 Å². The van der Waals surface area contributed by atoms with Crippen molar-refractivity contribution >= 4 is 5.91 Å². The van der Waals surface area contributed by atoms with Crippen LogP contribution in [0.4, 0.5) is 0 Å². The van der Waals surface area contributed by atoms with Gasteiger partial charge in [-0.2, -0.15) is 0 Å². The molecule has 4 heteroatoms. The first kappa shape index (κ1) is 9.48. The molecule has 0 unspecified atom stereocenters. The second-order valence-corrected chi connectivity index (χ2v) is 3.46. The van der Waals surface area contributed by atoms with Crippen LogP contribution in [-0.4, -0.2) is 30.3 Å². The van der Waals surface area contributed by atoms with E-state index in [1.54, 1.807) is 0 Å². The van der Waals surface area contributed by atoms with Crippen molar-refractivity contribution in [1.29, 1.82) is 0 Å². The first-order valence-corrected chi connectivity index (χ1v) is 4.44. The van der Waals surface area contributed by atoms with E-state index in [1.807, 2.05) is 0 Å². The van der Waals surface area contributed by atoms with Crippen molar-refractivity contribution in [1.82, 2.24) is 5.32 Å². The van der Waals surface area contributed by atoms with Crippen molar-refractivity contribution in [3.63, 3.8) is 0 Å². The molecule has 0 aliphatic carbocycles. The van der Waals surface area contributed by atoms with Gasteiger partial charge in [0.05, 0.1) is 13.1 Å². The van der Waals surface area contributed by atoms with Gasteiger partial charge in [0.2, 0.25) is 5.91 Å². The Labute approximate surface area is 72.7 Å². The Balaban J connectivity index is 2.31. The number of amides is 1. The maximum absolute atomic E-state index is 11.7. The fourth-order valence-corrected chi connectivity index (χ4v) is 1.50. The van der Waals surface area contributed by atoms with Crippen molar-refractivity contribution in [2.45, 2.75) is 26.2 Å². The van der Waals surface area contributed by atoms with E-state index < -0.39 is 0 Å². The Hall–Kier alpha value is -0.610. The molecule has 12 heavy (non-hydrogen) atoms. The molecule has 1 fully saturated rings. The standard InChI is InChI=1S/C8H16N2O2/c1-8(11)9-7-10(12)5-3-2-4-6-10/h2-7H2,1H3,(H,9,11). The molecule has 1 aliphatic rings. The Morgan fingerprint density at radius 2 is 2.00 bits per heavy atom. The van der Waals surface area contributed by atoms with E-state index in [9.17, 15) is 10.0 Å². The number of carbonyl (C=O) groups excluding carboxylic acids is 1. The molecule has 1 saturated heterocycles. The number of rotatable bonds is 2. The van der Waals surface area contributed by atoms with Crippen molar-refractivity contribution in [3.8, 4) is 0 Å². The zero-order chi connectivity index (χ0) is 9.03. The molecule has 0 spiro atoms. The van der Waals surface area contributed by atoms with Gasteiger partial charge in [-0.05, 0) is 19.3 Å². The smallest absolute Gasteiger partial charge is 0.221 e. The Morgan fingerprint density at radius 3 is 2.50 bits per heavy atom. The normalized spacial score (nSPS) is 21.8. The number of nitrogens with zero attached hydrogens (tertiary/aromatic N) is 1.